The third-order valence-electron chi connectivity index (χ3n) is 7.98. The van der Waals surface area contributed by atoms with Crippen LogP contribution < -0.4 is 25.3 Å². The molecule has 0 bridgehead atoms. The van der Waals surface area contributed by atoms with Gasteiger partial charge in [-0.2, -0.15) is 4.98 Å². The van der Waals surface area contributed by atoms with Crippen LogP contribution in [-0.2, 0) is 16.0 Å². The van der Waals surface area contributed by atoms with Crippen molar-refractivity contribution in [3.05, 3.63) is 103 Å². The predicted octanol–water partition coefficient (Wildman–Crippen LogP) is 5.38. The van der Waals surface area contributed by atoms with E-state index in [1.165, 1.54) is 17.3 Å². The summed E-state index contributed by atoms with van der Waals surface area (Å²) in [5.74, 6) is 0.857. The maximum absolute atomic E-state index is 12.0. The van der Waals surface area contributed by atoms with Gasteiger partial charge < -0.3 is 30.2 Å². The van der Waals surface area contributed by atoms with E-state index < -0.39 is 0 Å². The summed E-state index contributed by atoms with van der Waals surface area (Å²) in [6.45, 7) is 10.2. The number of carbonyl (C=O) groups excluding carboxylic acids is 2. The van der Waals surface area contributed by atoms with E-state index in [1.54, 1.807) is 4.90 Å². The van der Waals surface area contributed by atoms with E-state index >= 15 is 0 Å². The summed E-state index contributed by atoms with van der Waals surface area (Å²) in [4.78, 5) is 41.9. The van der Waals surface area contributed by atoms with Gasteiger partial charge >= 0.3 is 0 Å². The molecular weight excluding hydrogens is 564 g/mol. The van der Waals surface area contributed by atoms with E-state index in [9.17, 15) is 9.59 Å². The average Bonchev–Trinajstić information content (AvgIpc) is 3.06. The summed E-state index contributed by atoms with van der Waals surface area (Å²) in [5, 5.41) is 6.21. The fourth-order valence-corrected chi connectivity index (χ4v) is 5.40. The number of piperazine rings is 1. The molecule has 2 N–H and O–H groups in total. The molecule has 4 aromatic rings. The molecule has 1 saturated heterocycles. The van der Waals surface area contributed by atoms with Crippen LogP contribution in [0, 0.1) is 6.92 Å². The van der Waals surface area contributed by atoms with Crippen molar-refractivity contribution in [1.82, 2.24) is 14.9 Å². The van der Waals surface area contributed by atoms with Crippen LogP contribution in [0.2, 0.25) is 0 Å². The Labute approximate surface area is 265 Å². The van der Waals surface area contributed by atoms with Crippen molar-refractivity contribution in [3.8, 4) is 0 Å². The number of likely N-dealkylation sites (N-methyl/N-ethyl adjacent to an activating group) is 1. The predicted molar refractivity (Wildman–Crippen MR) is 183 cm³/mol. The molecule has 3 aromatic carbocycles. The Morgan fingerprint density at radius 1 is 0.978 bits per heavy atom. The van der Waals surface area contributed by atoms with E-state index in [4.69, 9.17) is 4.98 Å². The quantitative estimate of drug-likeness (QED) is 0.164. The Bertz CT molecular complexity index is 1640. The second-order valence-corrected chi connectivity index (χ2v) is 11.1. The lowest BCUT2D eigenvalue weighted by Crippen LogP contribution is -2.44. The highest BCUT2D eigenvalue weighted by Gasteiger charge is 2.18. The molecule has 10 heteroatoms. The highest BCUT2D eigenvalue weighted by molar-refractivity contribution is 5.99. The molecule has 5 rings (SSSR count). The lowest BCUT2D eigenvalue weighted by molar-refractivity contribution is -0.112. The van der Waals surface area contributed by atoms with Gasteiger partial charge in [0.05, 0.1) is 0 Å². The topological polar surface area (TPSA) is 96.9 Å². The first-order valence-corrected chi connectivity index (χ1v) is 15.1. The molecule has 0 spiro atoms. The molecule has 1 aliphatic heterocycles. The Balaban J connectivity index is 1.42. The minimum Gasteiger partial charge on any atom is -0.369 e. The zero-order valence-electron chi connectivity index (χ0n) is 26.1. The largest absolute Gasteiger partial charge is 0.369 e. The van der Waals surface area contributed by atoms with Crippen LogP contribution in [0.15, 0.2) is 91.6 Å². The first kappa shape index (κ1) is 31.2. The number of hydrogen-bond donors (Lipinski definition) is 2. The number of anilines is 7. The number of carbonyl (C=O) groups is 2. The molecule has 0 saturated carbocycles. The van der Waals surface area contributed by atoms with E-state index in [1.807, 2.05) is 72.7 Å². The van der Waals surface area contributed by atoms with E-state index in [2.05, 4.69) is 64.2 Å². The first-order valence-electron chi connectivity index (χ1n) is 15.1. The highest BCUT2D eigenvalue weighted by atomic mass is 16.1. The van der Waals surface area contributed by atoms with Crippen molar-refractivity contribution < 1.29 is 9.59 Å². The molecule has 2 heterocycles. The first-order chi connectivity index (χ1) is 21.8. The molecule has 0 radical (unpaired) electrons. The van der Waals surface area contributed by atoms with E-state index in [0.717, 1.165) is 55.2 Å². The van der Waals surface area contributed by atoms with Crippen LogP contribution >= 0.6 is 0 Å². The van der Waals surface area contributed by atoms with Gasteiger partial charge in [-0.1, -0.05) is 30.8 Å². The molecule has 2 amide bonds. The number of amides is 2. The van der Waals surface area contributed by atoms with Crippen LogP contribution in [0.25, 0.3) is 0 Å². The Kier molecular flexibility index (Phi) is 10.1. The average molecular weight is 605 g/mol. The van der Waals surface area contributed by atoms with Crippen molar-refractivity contribution in [2.24, 2.45) is 0 Å². The lowest BCUT2D eigenvalue weighted by Gasteiger charge is -2.35. The van der Waals surface area contributed by atoms with Gasteiger partial charge in [-0.15, -0.1) is 0 Å². The molecule has 10 nitrogen and oxygen atoms in total. The molecule has 1 aromatic heterocycles. The lowest BCUT2D eigenvalue weighted by atomic mass is 10.1. The summed E-state index contributed by atoms with van der Waals surface area (Å²) in [6, 6.07) is 23.4. The highest BCUT2D eigenvalue weighted by Crippen LogP contribution is 2.30. The molecule has 0 atom stereocenters. The SMILES string of the molecule is C=CC(=O)Nc1cccc(N(C)c2nc(Nc3ccc(N4CCN(C)CC4)c(C)c3)ncc2CCN(C=O)c2ccccc2)c1. The molecular formula is C35H40N8O2. The van der Waals surface area contributed by atoms with Gasteiger partial charge in [-0.05, 0) is 80.6 Å². The second-order valence-electron chi connectivity index (χ2n) is 11.1. The molecule has 0 aliphatic carbocycles. The summed E-state index contributed by atoms with van der Waals surface area (Å²) in [5.41, 5.74) is 6.49. The zero-order chi connectivity index (χ0) is 31.8. The third-order valence-corrected chi connectivity index (χ3v) is 7.98. The number of nitrogens with one attached hydrogen (secondary N) is 2. The molecule has 232 valence electrons. The van der Waals surface area contributed by atoms with Crippen LogP contribution in [-0.4, -0.2) is 74.0 Å². The smallest absolute Gasteiger partial charge is 0.247 e. The Morgan fingerprint density at radius 2 is 1.73 bits per heavy atom. The second kappa shape index (κ2) is 14.5. The Hall–Kier alpha value is -5.22. The number of aryl methyl sites for hydroxylation is 1. The molecule has 0 unspecified atom stereocenters. The number of aromatic nitrogens is 2. The van der Waals surface area contributed by atoms with Crippen molar-refractivity contribution in [2.45, 2.75) is 13.3 Å². The fourth-order valence-electron chi connectivity index (χ4n) is 5.40. The number of hydrogen-bond acceptors (Lipinski definition) is 8. The van der Waals surface area contributed by atoms with Crippen LogP contribution in [0.5, 0.6) is 0 Å². The maximum atomic E-state index is 12.0. The van der Waals surface area contributed by atoms with Gasteiger partial charge in [0, 0.05) is 80.0 Å². The number of rotatable bonds is 12. The summed E-state index contributed by atoms with van der Waals surface area (Å²) in [7, 11) is 4.08. The third kappa shape index (κ3) is 7.84. The number of para-hydroxylation sites is 1. The van der Waals surface area contributed by atoms with Crippen molar-refractivity contribution in [1.29, 1.82) is 0 Å². The maximum Gasteiger partial charge on any atom is 0.247 e. The van der Waals surface area contributed by atoms with Crippen LogP contribution in [0.3, 0.4) is 0 Å². The van der Waals surface area contributed by atoms with Crippen LogP contribution in [0.1, 0.15) is 11.1 Å². The Morgan fingerprint density at radius 3 is 2.44 bits per heavy atom. The van der Waals surface area contributed by atoms with E-state index in [-0.39, 0.29) is 5.91 Å². The minimum absolute atomic E-state index is 0.284. The van der Waals surface area contributed by atoms with Crippen molar-refractivity contribution >= 4 is 52.5 Å². The van der Waals surface area contributed by atoms with E-state index in [0.29, 0.717) is 30.4 Å². The van der Waals surface area contributed by atoms with Gasteiger partial charge in [-0.25, -0.2) is 4.98 Å². The van der Waals surface area contributed by atoms with Crippen molar-refractivity contribution in [3.63, 3.8) is 0 Å². The van der Waals surface area contributed by atoms with Crippen LogP contribution in [0.4, 0.5) is 40.2 Å². The van der Waals surface area contributed by atoms with Gasteiger partial charge in [0.2, 0.25) is 18.3 Å². The monoisotopic (exact) mass is 604 g/mol. The fraction of sp³-hybridized carbons (Fsp3) is 0.257. The molecule has 45 heavy (non-hydrogen) atoms. The summed E-state index contributed by atoms with van der Waals surface area (Å²) >= 11 is 0. The standard InChI is InChI=1S/C35H40N8O2/c1-5-33(45)37-28-10-9-13-31(23-28)41(4)34-27(16-17-43(25-44)30-11-7-6-8-12-30)24-36-35(39-34)38-29-14-15-32(26(2)22-29)42-20-18-40(3)19-21-42/h5-15,22-25H,1,16-21H2,2-4H3,(H,37,45)(H,36,38,39). The van der Waals surface area contributed by atoms with Gasteiger partial charge in [0.25, 0.3) is 0 Å². The number of benzene rings is 3. The normalized spacial score (nSPS) is 13.2. The number of nitrogens with zero attached hydrogens (tertiary/aromatic N) is 6. The summed E-state index contributed by atoms with van der Waals surface area (Å²) < 4.78 is 0. The summed E-state index contributed by atoms with van der Waals surface area (Å²) in [6.07, 6.45) is 4.42. The molecule has 1 fully saturated rings. The minimum atomic E-state index is -0.284. The van der Waals surface area contributed by atoms with Gasteiger partial charge in [-0.3, -0.25) is 9.59 Å². The van der Waals surface area contributed by atoms with Gasteiger partial charge in [0.1, 0.15) is 5.82 Å². The molecule has 1 aliphatic rings. The van der Waals surface area contributed by atoms with Gasteiger partial charge in [0.15, 0.2) is 0 Å². The van der Waals surface area contributed by atoms with Crippen molar-refractivity contribution in [2.75, 3.05) is 72.2 Å². The zero-order valence-corrected chi connectivity index (χ0v) is 26.1.